The van der Waals surface area contributed by atoms with E-state index in [0.29, 0.717) is 11.1 Å². The Labute approximate surface area is 121 Å². The first-order valence-corrected chi connectivity index (χ1v) is 6.10. The van der Waals surface area contributed by atoms with E-state index in [1.165, 1.54) is 30.5 Å². The Morgan fingerprint density at radius 1 is 1.19 bits per heavy atom. The Bertz CT molecular complexity index is 907. The van der Waals surface area contributed by atoms with Crippen LogP contribution in [0.15, 0.2) is 35.3 Å². The Balaban J connectivity index is 2.15. The molecule has 0 aliphatic heterocycles. The minimum atomic E-state index is -0.516. The van der Waals surface area contributed by atoms with Crippen molar-refractivity contribution in [3.63, 3.8) is 0 Å². The van der Waals surface area contributed by atoms with Crippen molar-refractivity contribution in [2.24, 2.45) is 0 Å². The summed E-state index contributed by atoms with van der Waals surface area (Å²) < 4.78 is 0. The number of nitrogens with zero attached hydrogens (tertiary/aromatic N) is 4. The molecule has 21 heavy (non-hydrogen) atoms. The monoisotopic (exact) mass is 303 g/mol. The van der Waals surface area contributed by atoms with Crippen LogP contribution in [-0.2, 0) is 0 Å². The van der Waals surface area contributed by atoms with Gasteiger partial charge in [-0.05, 0) is 23.7 Å². The van der Waals surface area contributed by atoms with Crippen molar-refractivity contribution in [2.75, 3.05) is 0 Å². The van der Waals surface area contributed by atoms with Gasteiger partial charge in [0.25, 0.3) is 11.2 Å². The minimum Gasteiger partial charge on any atom is -0.303 e. The Morgan fingerprint density at radius 2 is 1.90 bits per heavy atom. The number of aromatic amines is 1. The molecule has 0 aliphatic carbocycles. The van der Waals surface area contributed by atoms with E-state index in [0.717, 1.165) is 0 Å². The highest BCUT2D eigenvalue weighted by Crippen LogP contribution is 2.19. The van der Waals surface area contributed by atoms with Gasteiger partial charge in [0.1, 0.15) is 11.2 Å². The number of nitrogens with one attached hydrogen (secondary N) is 1. The fraction of sp³-hybridized carbons (Fsp3) is 0. The molecule has 8 nitrogen and oxygen atoms in total. The summed E-state index contributed by atoms with van der Waals surface area (Å²) >= 11 is 5.64. The van der Waals surface area contributed by atoms with Crippen LogP contribution in [0.5, 0.6) is 0 Å². The van der Waals surface area contributed by atoms with Gasteiger partial charge in [0, 0.05) is 17.7 Å². The number of hydrogen-bond donors (Lipinski definition) is 1. The standard InChI is InChI=1S/C12H6ClN5O3/c13-12-14-5-8-10(17-12)16-11(19)9(15-8)6-1-3-7(4-2-6)18(20)21/h1-5H,(H,14,16,17,19). The van der Waals surface area contributed by atoms with Crippen LogP contribution < -0.4 is 5.56 Å². The summed E-state index contributed by atoms with van der Waals surface area (Å²) in [6, 6.07) is 5.52. The summed E-state index contributed by atoms with van der Waals surface area (Å²) in [7, 11) is 0. The number of nitro benzene ring substituents is 1. The van der Waals surface area contributed by atoms with Crippen molar-refractivity contribution in [1.29, 1.82) is 0 Å². The molecule has 1 aromatic carbocycles. The van der Waals surface area contributed by atoms with E-state index in [-0.39, 0.29) is 22.3 Å². The number of benzene rings is 1. The first kappa shape index (κ1) is 13.1. The van der Waals surface area contributed by atoms with E-state index < -0.39 is 10.5 Å². The Kier molecular flexibility index (Phi) is 3.07. The van der Waals surface area contributed by atoms with Gasteiger partial charge < -0.3 is 4.98 Å². The van der Waals surface area contributed by atoms with Gasteiger partial charge in [0.15, 0.2) is 5.65 Å². The molecule has 1 N–H and O–H groups in total. The highest BCUT2D eigenvalue weighted by atomic mass is 35.5. The molecule has 0 amide bonds. The molecule has 2 heterocycles. The number of nitro groups is 1. The Morgan fingerprint density at radius 3 is 2.57 bits per heavy atom. The molecule has 0 bridgehead atoms. The molecule has 0 saturated carbocycles. The number of non-ortho nitro benzene ring substituents is 1. The predicted molar refractivity (Wildman–Crippen MR) is 75.1 cm³/mol. The molecule has 0 unspecified atom stereocenters. The van der Waals surface area contributed by atoms with Crippen molar-refractivity contribution in [1.82, 2.24) is 19.9 Å². The van der Waals surface area contributed by atoms with E-state index in [1.807, 2.05) is 0 Å². The lowest BCUT2D eigenvalue weighted by atomic mass is 10.1. The third-order valence-electron chi connectivity index (χ3n) is 2.77. The summed E-state index contributed by atoms with van der Waals surface area (Å²) in [5.41, 5.74) is 0.650. The molecule has 0 atom stereocenters. The maximum Gasteiger partial charge on any atom is 0.276 e. The Hall–Kier alpha value is -2.87. The van der Waals surface area contributed by atoms with Crippen molar-refractivity contribution in [3.8, 4) is 11.3 Å². The zero-order valence-electron chi connectivity index (χ0n) is 10.3. The van der Waals surface area contributed by atoms with Crippen LogP contribution in [0.2, 0.25) is 5.28 Å². The molecule has 104 valence electrons. The summed E-state index contributed by atoms with van der Waals surface area (Å²) in [5, 5.41) is 10.6. The third kappa shape index (κ3) is 2.43. The number of H-pyrrole nitrogens is 1. The average molecular weight is 304 g/mol. The van der Waals surface area contributed by atoms with Gasteiger partial charge in [-0.1, -0.05) is 0 Å². The third-order valence-corrected chi connectivity index (χ3v) is 2.95. The zero-order valence-corrected chi connectivity index (χ0v) is 11.0. The van der Waals surface area contributed by atoms with Crippen LogP contribution in [0, 0.1) is 10.1 Å². The van der Waals surface area contributed by atoms with Crippen LogP contribution >= 0.6 is 11.6 Å². The first-order valence-electron chi connectivity index (χ1n) is 5.72. The summed E-state index contributed by atoms with van der Waals surface area (Å²) in [6.07, 6.45) is 1.38. The highest BCUT2D eigenvalue weighted by molar-refractivity contribution is 6.28. The normalized spacial score (nSPS) is 10.7. The molecule has 2 aromatic heterocycles. The molecule has 0 aliphatic rings. The van der Waals surface area contributed by atoms with E-state index in [1.54, 1.807) is 0 Å². The maximum absolute atomic E-state index is 12.0. The molecular formula is C12H6ClN5O3. The van der Waals surface area contributed by atoms with Gasteiger partial charge in [-0.2, -0.15) is 4.98 Å². The number of rotatable bonds is 2. The van der Waals surface area contributed by atoms with Crippen LogP contribution in [0.3, 0.4) is 0 Å². The zero-order chi connectivity index (χ0) is 15.0. The molecule has 3 aromatic rings. The molecule has 0 saturated heterocycles. The van der Waals surface area contributed by atoms with Crippen LogP contribution in [0.25, 0.3) is 22.4 Å². The topological polar surface area (TPSA) is 115 Å². The fourth-order valence-corrected chi connectivity index (χ4v) is 1.94. The van der Waals surface area contributed by atoms with Crippen LogP contribution in [-0.4, -0.2) is 24.9 Å². The lowest BCUT2D eigenvalue weighted by Gasteiger charge is -2.02. The van der Waals surface area contributed by atoms with E-state index in [2.05, 4.69) is 19.9 Å². The van der Waals surface area contributed by atoms with Gasteiger partial charge in [-0.3, -0.25) is 14.9 Å². The molecule has 0 radical (unpaired) electrons. The lowest BCUT2D eigenvalue weighted by molar-refractivity contribution is -0.384. The molecular weight excluding hydrogens is 298 g/mol. The summed E-state index contributed by atoms with van der Waals surface area (Å²) in [4.78, 5) is 36.5. The molecule has 3 rings (SSSR count). The SMILES string of the molecule is O=c1[nH]c2nc(Cl)ncc2nc1-c1ccc([N+](=O)[O-])cc1. The number of aromatic nitrogens is 4. The minimum absolute atomic E-state index is 0.00281. The van der Waals surface area contributed by atoms with Gasteiger partial charge in [0.2, 0.25) is 5.28 Å². The van der Waals surface area contributed by atoms with Crippen LogP contribution in [0.1, 0.15) is 0 Å². The van der Waals surface area contributed by atoms with Gasteiger partial charge in [-0.25, -0.2) is 9.97 Å². The summed E-state index contributed by atoms with van der Waals surface area (Å²) in [5.74, 6) is 0. The highest BCUT2D eigenvalue weighted by Gasteiger charge is 2.11. The van der Waals surface area contributed by atoms with Gasteiger partial charge >= 0.3 is 0 Å². The molecule has 0 spiro atoms. The quantitative estimate of drug-likeness (QED) is 0.439. The number of halogens is 1. The predicted octanol–water partition coefficient (Wildman–Crippen LogP) is 1.94. The molecule has 9 heteroatoms. The van der Waals surface area contributed by atoms with E-state index in [4.69, 9.17) is 11.6 Å². The van der Waals surface area contributed by atoms with Crippen molar-refractivity contribution >= 4 is 28.5 Å². The summed E-state index contributed by atoms with van der Waals surface area (Å²) in [6.45, 7) is 0. The maximum atomic E-state index is 12.0. The van der Waals surface area contributed by atoms with E-state index >= 15 is 0 Å². The van der Waals surface area contributed by atoms with Crippen molar-refractivity contribution < 1.29 is 4.92 Å². The van der Waals surface area contributed by atoms with Gasteiger partial charge in [0.05, 0.1) is 11.1 Å². The largest absolute Gasteiger partial charge is 0.303 e. The van der Waals surface area contributed by atoms with Crippen molar-refractivity contribution in [2.45, 2.75) is 0 Å². The average Bonchev–Trinajstić information content (AvgIpc) is 2.46. The smallest absolute Gasteiger partial charge is 0.276 e. The van der Waals surface area contributed by atoms with Gasteiger partial charge in [-0.15, -0.1) is 0 Å². The van der Waals surface area contributed by atoms with Crippen molar-refractivity contribution in [3.05, 3.63) is 56.2 Å². The van der Waals surface area contributed by atoms with Crippen LogP contribution in [0.4, 0.5) is 5.69 Å². The fourth-order valence-electron chi connectivity index (χ4n) is 1.80. The second-order valence-electron chi connectivity index (χ2n) is 4.09. The van der Waals surface area contributed by atoms with E-state index in [9.17, 15) is 14.9 Å². The number of hydrogen-bond acceptors (Lipinski definition) is 6. The lowest BCUT2D eigenvalue weighted by Crippen LogP contribution is -2.12. The first-order chi connectivity index (χ1) is 10.0. The molecule has 0 fully saturated rings. The number of fused-ring (bicyclic) bond motifs is 1. The second kappa shape index (κ2) is 4.91. The second-order valence-corrected chi connectivity index (χ2v) is 4.43.